The van der Waals surface area contributed by atoms with Crippen molar-refractivity contribution in [2.24, 2.45) is 0 Å². The first-order valence-corrected chi connectivity index (χ1v) is 10.2. The van der Waals surface area contributed by atoms with Gasteiger partial charge in [0, 0.05) is 49.0 Å². The molecular weight excluding hydrogens is 333 g/mol. The summed E-state index contributed by atoms with van der Waals surface area (Å²) in [6, 6.07) is 8.18. The second-order valence-corrected chi connectivity index (χ2v) is 7.53. The number of rotatable bonds is 10. The van der Waals surface area contributed by atoms with Crippen LogP contribution < -0.4 is 5.32 Å². The van der Waals surface area contributed by atoms with Gasteiger partial charge in [0.25, 0.3) is 0 Å². The number of fused-ring (bicyclic) bond motifs is 1. The Hall–Kier alpha value is -2.30. The molecule has 27 heavy (non-hydrogen) atoms. The Kier molecular flexibility index (Phi) is 6.91. The first-order chi connectivity index (χ1) is 13.2. The lowest BCUT2D eigenvalue weighted by Crippen LogP contribution is -2.40. The SMILES string of the molecule is C=C(CCn1cccn1)NC1BCc2c(cccc2C(=O)CCCCC)C1. The zero-order valence-corrected chi connectivity index (χ0v) is 16.4. The van der Waals surface area contributed by atoms with E-state index < -0.39 is 0 Å². The predicted octanol–water partition coefficient (Wildman–Crippen LogP) is 3.66. The van der Waals surface area contributed by atoms with Crippen molar-refractivity contribution in [3.8, 4) is 0 Å². The fourth-order valence-corrected chi connectivity index (χ4v) is 3.90. The van der Waals surface area contributed by atoms with Crippen LogP contribution in [0.5, 0.6) is 0 Å². The maximum absolute atomic E-state index is 12.6. The molecule has 4 nitrogen and oxygen atoms in total. The number of carbonyl (C=O) groups is 1. The molecule has 0 bridgehead atoms. The van der Waals surface area contributed by atoms with Gasteiger partial charge in [0.15, 0.2) is 13.1 Å². The van der Waals surface area contributed by atoms with Crippen LogP contribution in [0, 0.1) is 0 Å². The van der Waals surface area contributed by atoms with Gasteiger partial charge < -0.3 is 5.32 Å². The van der Waals surface area contributed by atoms with Crippen molar-refractivity contribution >= 4 is 13.1 Å². The van der Waals surface area contributed by atoms with Crippen LogP contribution >= 0.6 is 0 Å². The summed E-state index contributed by atoms with van der Waals surface area (Å²) < 4.78 is 1.93. The predicted molar refractivity (Wildman–Crippen MR) is 112 cm³/mol. The summed E-state index contributed by atoms with van der Waals surface area (Å²) in [5, 5.41) is 7.83. The lowest BCUT2D eigenvalue weighted by molar-refractivity contribution is 0.0978. The van der Waals surface area contributed by atoms with Crippen LogP contribution in [0.25, 0.3) is 0 Å². The van der Waals surface area contributed by atoms with Gasteiger partial charge in [-0.1, -0.05) is 44.5 Å². The summed E-state index contributed by atoms with van der Waals surface area (Å²) in [5.74, 6) is 0.711. The number of benzene rings is 1. The first kappa shape index (κ1) is 19.5. The van der Waals surface area contributed by atoms with E-state index in [0.29, 0.717) is 18.1 Å². The summed E-state index contributed by atoms with van der Waals surface area (Å²) in [7, 11) is 1.05. The van der Waals surface area contributed by atoms with Gasteiger partial charge in [-0.2, -0.15) is 5.10 Å². The van der Waals surface area contributed by atoms with Crippen molar-refractivity contribution in [3.63, 3.8) is 0 Å². The quantitative estimate of drug-likeness (QED) is 0.398. The van der Waals surface area contributed by atoms with Crippen LogP contribution in [0.4, 0.5) is 0 Å². The number of carbonyl (C=O) groups excluding carboxylic acids is 1. The number of nitrogens with zero attached hydrogens (tertiary/aromatic N) is 2. The van der Waals surface area contributed by atoms with Crippen LogP contribution in [0.2, 0.25) is 0 Å². The van der Waals surface area contributed by atoms with Crippen molar-refractivity contribution in [2.45, 2.75) is 64.3 Å². The number of allylic oxidation sites excluding steroid dienone is 1. The van der Waals surface area contributed by atoms with Crippen LogP contribution in [0.15, 0.2) is 48.9 Å². The molecule has 1 unspecified atom stereocenters. The molecule has 0 radical (unpaired) electrons. The Morgan fingerprint density at radius 2 is 2.22 bits per heavy atom. The van der Waals surface area contributed by atoms with Crippen molar-refractivity contribution in [2.75, 3.05) is 0 Å². The number of aromatic nitrogens is 2. The highest BCUT2D eigenvalue weighted by Gasteiger charge is 2.23. The fourth-order valence-electron chi connectivity index (χ4n) is 3.90. The van der Waals surface area contributed by atoms with Crippen LogP contribution in [-0.4, -0.2) is 28.8 Å². The molecule has 1 aliphatic rings. The molecule has 5 heteroatoms. The summed E-state index contributed by atoms with van der Waals surface area (Å²) in [6.45, 7) is 7.20. The third kappa shape index (κ3) is 5.35. The molecule has 1 N–H and O–H groups in total. The van der Waals surface area contributed by atoms with Gasteiger partial charge in [0.1, 0.15) is 0 Å². The summed E-state index contributed by atoms with van der Waals surface area (Å²) in [5.41, 5.74) is 4.62. The van der Waals surface area contributed by atoms with Gasteiger partial charge >= 0.3 is 0 Å². The number of hydrogen-bond donors (Lipinski definition) is 1. The minimum Gasteiger partial charge on any atom is -0.393 e. The lowest BCUT2D eigenvalue weighted by atomic mass is 9.57. The fraction of sp³-hybridized carbons (Fsp3) is 0.455. The van der Waals surface area contributed by atoms with Gasteiger partial charge in [-0.25, -0.2) is 0 Å². The summed E-state index contributed by atoms with van der Waals surface area (Å²) >= 11 is 0. The standard InChI is InChI=1S/C22H30BN3O/c1-3-4-5-10-21(27)19-9-6-8-18-15-22(23-16-20(18)19)25-17(2)11-14-26-13-7-12-24-26/h6-9,12-13,22-23,25H,2-5,10-11,14-16H2,1H3. The Balaban J connectivity index is 1.55. The average molecular weight is 363 g/mol. The monoisotopic (exact) mass is 363 g/mol. The van der Waals surface area contributed by atoms with Crippen molar-refractivity contribution in [1.82, 2.24) is 15.1 Å². The van der Waals surface area contributed by atoms with Crippen molar-refractivity contribution < 1.29 is 4.79 Å². The van der Waals surface area contributed by atoms with E-state index >= 15 is 0 Å². The zero-order chi connectivity index (χ0) is 19.1. The van der Waals surface area contributed by atoms with E-state index in [2.05, 4.69) is 30.0 Å². The summed E-state index contributed by atoms with van der Waals surface area (Å²) in [4.78, 5) is 12.6. The van der Waals surface area contributed by atoms with Gasteiger partial charge in [0.05, 0.1) is 0 Å². The largest absolute Gasteiger partial charge is 0.393 e. The normalized spacial score (nSPS) is 15.7. The van der Waals surface area contributed by atoms with Crippen LogP contribution in [0.3, 0.4) is 0 Å². The van der Waals surface area contributed by atoms with Gasteiger partial charge in [0.2, 0.25) is 0 Å². The van der Waals surface area contributed by atoms with E-state index in [1.165, 1.54) is 11.1 Å². The molecule has 0 spiro atoms. The highest BCUT2D eigenvalue weighted by Crippen LogP contribution is 2.23. The number of ketones is 1. The third-order valence-electron chi connectivity index (χ3n) is 5.40. The molecule has 0 fully saturated rings. The molecule has 1 aromatic heterocycles. The Bertz CT molecular complexity index is 770. The van der Waals surface area contributed by atoms with Gasteiger partial charge in [-0.3, -0.25) is 9.48 Å². The maximum Gasteiger partial charge on any atom is 0.163 e. The van der Waals surface area contributed by atoms with E-state index in [4.69, 9.17) is 0 Å². The number of Topliss-reactive ketones (excluding diaryl/α,β-unsaturated/α-hetero) is 1. The molecule has 0 aliphatic carbocycles. The topological polar surface area (TPSA) is 46.9 Å². The van der Waals surface area contributed by atoms with E-state index in [1.54, 1.807) is 6.20 Å². The van der Waals surface area contributed by atoms with E-state index in [1.807, 2.05) is 29.1 Å². The van der Waals surface area contributed by atoms with Gasteiger partial charge in [-0.05, 0) is 36.4 Å². The molecule has 1 aliphatic heterocycles. The molecule has 2 aromatic rings. The molecule has 3 rings (SSSR count). The molecule has 0 saturated heterocycles. The molecule has 0 saturated carbocycles. The van der Waals surface area contributed by atoms with Gasteiger partial charge in [-0.15, -0.1) is 0 Å². The second-order valence-electron chi connectivity index (χ2n) is 7.53. The lowest BCUT2D eigenvalue weighted by Gasteiger charge is -2.28. The number of nitrogens with one attached hydrogen (secondary N) is 1. The molecule has 1 atom stereocenters. The minimum atomic E-state index is 0.315. The molecule has 0 amide bonds. The highest BCUT2D eigenvalue weighted by atomic mass is 16.1. The zero-order valence-electron chi connectivity index (χ0n) is 16.4. The Morgan fingerprint density at radius 3 is 3.00 bits per heavy atom. The van der Waals surface area contributed by atoms with E-state index in [0.717, 1.165) is 63.5 Å². The smallest absolute Gasteiger partial charge is 0.163 e. The molecule has 142 valence electrons. The van der Waals surface area contributed by atoms with Crippen LogP contribution in [0.1, 0.15) is 60.5 Å². The molecule has 2 heterocycles. The van der Waals surface area contributed by atoms with Crippen LogP contribution in [-0.2, 0) is 19.3 Å². The second kappa shape index (κ2) is 9.59. The van der Waals surface area contributed by atoms with Crippen molar-refractivity contribution in [1.29, 1.82) is 0 Å². The Morgan fingerprint density at radius 1 is 1.33 bits per heavy atom. The Labute approximate surface area is 163 Å². The highest BCUT2D eigenvalue weighted by molar-refractivity contribution is 6.38. The van der Waals surface area contributed by atoms with E-state index in [9.17, 15) is 4.79 Å². The number of hydrogen-bond acceptors (Lipinski definition) is 3. The molecule has 1 aromatic carbocycles. The summed E-state index contributed by atoms with van der Waals surface area (Å²) in [6.07, 6.45) is 10.5. The van der Waals surface area contributed by atoms with E-state index in [-0.39, 0.29) is 0 Å². The first-order valence-electron chi connectivity index (χ1n) is 10.2. The third-order valence-corrected chi connectivity index (χ3v) is 5.40. The number of unbranched alkanes of at least 4 members (excludes halogenated alkanes) is 2. The average Bonchev–Trinajstić information content (AvgIpc) is 3.19. The number of aryl methyl sites for hydroxylation is 1. The minimum absolute atomic E-state index is 0.315. The molecular formula is C22H30BN3O. The maximum atomic E-state index is 12.6. The van der Waals surface area contributed by atoms with Crippen molar-refractivity contribution in [3.05, 3.63) is 65.6 Å².